The summed E-state index contributed by atoms with van der Waals surface area (Å²) in [5.41, 5.74) is 0.251. The number of benzene rings is 1. The number of carbonyl (C=O) groups excluding carboxylic acids is 2. The van der Waals surface area contributed by atoms with Gasteiger partial charge in [0.25, 0.3) is 16.0 Å². The monoisotopic (exact) mass is 397 g/mol. The first-order chi connectivity index (χ1) is 12.4. The third kappa shape index (κ3) is 5.52. The van der Waals surface area contributed by atoms with Gasteiger partial charge in [-0.2, -0.15) is 8.42 Å². The van der Waals surface area contributed by atoms with Crippen LogP contribution in [0.1, 0.15) is 46.1 Å². The van der Waals surface area contributed by atoms with Crippen LogP contribution in [0.4, 0.5) is 0 Å². The molecule has 1 amide bonds. The summed E-state index contributed by atoms with van der Waals surface area (Å²) in [5, 5.41) is 0. The second-order valence-corrected chi connectivity index (χ2v) is 9.30. The summed E-state index contributed by atoms with van der Waals surface area (Å²) in [6.45, 7) is 8.84. The van der Waals surface area contributed by atoms with Crippen molar-refractivity contribution in [3.63, 3.8) is 0 Å². The first kappa shape index (κ1) is 21.4. The fourth-order valence-electron chi connectivity index (χ4n) is 2.87. The molecule has 1 aromatic carbocycles. The molecule has 27 heavy (non-hydrogen) atoms. The largest absolute Gasteiger partial charge is 0.458 e. The van der Waals surface area contributed by atoms with Crippen molar-refractivity contribution < 1.29 is 26.9 Å². The molecular weight excluding hydrogens is 370 g/mol. The van der Waals surface area contributed by atoms with E-state index in [9.17, 15) is 18.0 Å². The summed E-state index contributed by atoms with van der Waals surface area (Å²) >= 11 is 0. The van der Waals surface area contributed by atoms with E-state index < -0.39 is 39.7 Å². The lowest BCUT2D eigenvalue weighted by molar-refractivity contribution is -0.164. The fourth-order valence-corrected chi connectivity index (χ4v) is 3.91. The van der Waals surface area contributed by atoms with Crippen LogP contribution in [-0.2, 0) is 28.6 Å². The van der Waals surface area contributed by atoms with Crippen molar-refractivity contribution >= 4 is 22.0 Å². The molecule has 0 spiro atoms. The second-order valence-electron chi connectivity index (χ2n) is 7.73. The number of nitrogens with zero attached hydrogens (tertiary/aromatic N) is 1. The summed E-state index contributed by atoms with van der Waals surface area (Å²) < 4.78 is 35.3. The van der Waals surface area contributed by atoms with Crippen molar-refractivity contribution in [2.75, 3.05) is 6.54 Å². The average Bonchev–Trinajstić information content (AvgIpc) is 3.02. The van der Waals surface area contributed by atoms with E-state index in [4.69, 9.17) is 8.92 Å². The van der Waals surface area contributed by atoms with E-state index in [1.807, 2.05) is 6.92 Å². The molecule has 0 aromatic heterocycles. The normalized spacial score (nSPS) is 19.0. The Morgan fingerprint density at radius 1 is 1.19 bits per heavy atom. The maximum Gasteiger partial charge on any atom is 0.329 e. The molecule has 150 valence electrons. The van der Waals surface area contributed by atoms with Gasteiger partial charge in [0.05, 0.1) is 4.90 Å². The van der Waals surface area contributed by atoms with E-state index in [1.54, 1.807) is 32.9 Å². The molecule has 7 nitrogen and oxygen atoms in total. The highest BCUT2D eigenvalue weighted by molar-refractivity contribution is 7.86. The number of hydrogen-bond donors (Lipinski definition) is 0. The van der Waals surface area contributed by atoms with Gasteiger partial charge >= 0.3 is 5.97 Å². The number of carbonyl (C=O) groups is 2. The van der Waals surface area contributed by atoms with Crippen LogP contribution in [0.25, 0.3) is 0 Å². The van der Waals surface area contributed by atoms with E-state index in [0.717, 1.165) is 5.56 Å². The lowest BCUT2D eigenvalue weighted by Gasteiger charge is -2.28. The molecule has 0 radical (unpaired) electrons. The zero-order valence-electron chi connectivity index (χ0n) is 16.4. The highest BCUT2D eigenvalue weighted by Crippen LogP contribution is 2.23. The lowest BCUT2D eigenvalue weighted by Crippen LogP contribution is -2.47. The minimum atomic E-state index is -4.08. The van der Waals surface area contributed by atoms with E-state index in [-0.39, 0.29) is 4.90 Å². The molecule has 0 saturated carbocycles. The van der Waals surface area contributed by atoms with Crippen LogP contribution >= 0.6 is 0 Å². The van der Waals surface area contributed by atoms with E-state index >= 15 is 0 Å². The van der Waals surface area contributed by atoms with Crippen molar-refractivity contribution in [1.29, 1.82) is 0 Å². The van der Waals surface area contributed by atoms with Crippen molar-refractivity contribution in [3.05, 3.63) is 29.8 Å². The van der Waals surface area contributed by atoms with Crippen LogP contribution in [0.2, 0.25) is 0 Å². The minimum Gasteiger partial charge on any atom is -0.458 e. The maximum atomic E-state index is 12.7. The summed E-state index contributed by atoms with van der Waals surface area (Å²) in [6, 6.07) is 5.45. The van der Waals surface area contributed by atoms with Crippen LogP contribution < -0.4 is 0 Å². The van der Waals surface area contributed by atoms with Crippen LogP contribution in [-0.4, -0.2) is 49.5 Å². The topological polar surface area (TPSA) is 90.0 Å². The lowest BCUT2D eigenvalue weighted by atomic mass is 10.1. The Hall–Kier alpha value is -1.93. The van der Waals surface area contributed by atoms with Gasteiger partial charge in [-0.15, -0.1) is 0 Å². The average molecular weight is 397 g/mol. The zero-order valence-corrected chi connectivity index (χ0v) is 17.2. The van der Waals surface area contributed by atoms with Gasteiger partial charge in [-0.1, -0.05) is 17.7 Å². The number of esters is 1. The van der Waals surface area contributed by atoms with E-state index in [1.165, 1.54) is 24.0 Å². The smallest absolute Gasteiger partial charge is 0.329 e. The Bertz CT molecular complexity index is 794. The van der Waals surface area contributed by atoms with Crippen molar-refractivity contribution in [2.45, 2.75) is 70.1 Å². The molecule has 0 bridgehead atoms. The van der Waals surface area contributed by atoms with Crippen LogP contribution in [0.15, 0.2) is 29.2 Å². The van der Waals surface area contributed by atoms with Gasteiger partial charge in [0.2, 0.25) is 0 Å². The predicted octanol–water partition coefficient (Wildman–Crippen LogP) is 2.42. The number of aryl methyl sites for hydroxylation is 1. The Balaban J connectivity index is 2.09. The van der Waals surface area contributed by atoms with Gasteiger partial charge in [-0.3, -0.25) is 8.98 Å². The molecule has 1 aliphatic rings. The van der Waals surface area contributed by atoms with Crippen molar-refractivity contribution in [1.82, 2.24) is 4.90 Å². The van der Waals surface area contributed by atoms with Gasteiger partial charge < -0.3 is 9.64 Å². The van der Waals surface area contributed by atoms with E-state index in [2.05, 4.69) is 0 Å². The number of amides is 1. The summed E-state index contributed by atoms with van der Waals surface area (Å²) in [5.74, 6) is -1.03. The number of ether oxygens (including phenoxy) is 1. The second kappa shape index (κ2) is 7.98. The molecule has 1 heterocycles. The zero-order chi connectivity index (χ0) is 20.4. The maximum absolute atomic E-state index is 12.7. The Labute approximate surface area is 160 Å². The highest BCUT2D eigenvalue weighted by atomic mass is 32.2. The van der Waals surface area contributed by atoms with Gasteiger partial charge in [0, 0.05) is 6.54 Å². The standard InChI is InChI=1S/C19H27NO6S/c1-13-8-10-15(11-9-13)27(23,24)26-14(2)17(21)20-12-6-7-16(20)18(22)25-19(3,4)5/h8-11,14,16H,6-7,12H2,1-5H3/t14-,16+/m1/s1. The van der Waals surface area contributed by atoms with Gasteiger partial charge in [0.1, 0.15) is 11.6 Å². The molecule has 0 N–H and O–H groups in total. The van der Waals surface area contributed by atoms with Crippen LogP contribution in [0, 0.1) is 6.92 Å². The quantitative estimate of drug-likeness (QED) is 0.560. The highest BCUT2D eigenvalue weighted by Gasteiger charge is 2.39. The summed E-state index contributed by atoms with van der Waals surface area (Å²) in [6.07, 6.45) is -0.107. The van der Waals surface area contributed by atoms with Gasteiger partial charge in [-0.05, 0) is 59.6 Å². The Kier molecular flexibility index (Phi) is 6.32. The Morgan fingerprint density at radius 2 is 1.78 bits per heavy atom. The van der Waals surface area contributed by atoms with Gasteiger partial charge in [-0.25, -0.2) is 4.79 Å². The summed E-state index contributed by atoms with van der Waals surface area (Å²) in [7, 11) is -4.08. The summed E-state index contributed by atoms with van der Waals surface area (Å²) in [4.78, 5) is 26.4. The molecule has 1 aliphatic heterocycles. The molecule has 1 aromatic rings. The molecule has 0 unspecified atom stereocenters. The number of likely N-dealkylation sites (tertiary alicyclic amines) is 1. The van der Waals surface area contributed by atoms with Crippen molar-refractivity contribution in [3.8, 4) is 0 Å². The third-order valence-corrected chi connectivity index (χ3v) is 5.53. The Morgan fingerprint density at radius 3 is 2.33 bits per heavy atom. The van der Waals surface area contributed by atoms with Crippen LogP contribution in [0.5, 0.6) is 0 Å². The van der Waals surface area contributed by atoms with Gasteiger partial charge in [0.15, 0.2) is 6.10 Å². The molecule has 0 aliphatic carbocycles. The first-order valence-corrected chi connectivity index (χ1v) is 10.3. The molecule has 1 saturated heterocycles. The number of hydrogen-bond acceptors (Lipinski definition) is 6. The molecular formula is C19H27NO6S. The minimum absolute atomic E-state index is 0.0159. The third-order valence-electron chi connectivity index (χ3n) is 4.14. The van der Waals surface area contributed by atoms with Crippen LogP contribution in [0.3, 0.4) is 0 Å². The van der Waals surface area contributed by atoms with Crippen molar-refractivity contribution in [2.24, 2.45) is 0 Å². The fraction of sp³-hybridized carbons (Fsp3) is 0.579. The molecule has 2 rings (SSSR count). The SMILES string of the molecule is Cc1ccc(S(=O)(=O)O[C@H](C)C(=O)N2CCC[C@H]2C(=O)OC(C)(C)C)cc1. The number of rotatable bonds is 5. The molecule has 2 atom stereocenters. The molecule has 8 heteroatoms. The van der Waals surface area contributed by atoms with E-state index in [0.29, 0.717) is 19.4 Å². The predicted molar refractivity (Wildman–Crippen MR) is 99.5 cm³/mol. The first-order valence-electron chi connectivity index (χ1n) is 8.94. The molecule has 1 fully saturated rings.